The van der Waals surface area contributed by atoms with Gasteiger partial charge < -0.3 is 4.43 Å². The third kappa shape index (κ3) is 4.83. The fourth-order valence-electron chi connectivity index (χ4n) is 1.37. The van der Waals surface area contributed by atoms with Gasteiger partial charge in [0.25, 0.3) is 0 Å². The molecule has 0 rings (SSSR count). The van der Waals surface area contributed by atoms with Gasteiger partial charge in [-0.05, 0) is 36.9 Å². The van der Waals surface area contributed by atoms with Gasteiger partial charge in [0.2, 0.25) is 0 Å². The van der Waals surface area contributed by atoms with Crippen LogP contribution >= 0.6 is 0 Å². The molecule has 0 aromatic carbocycles. The highest BCUT2D eigenvalue weighted by atomic mass is 28.4. The van der Waals surface area contributed by atoms with E-state index >= 15 is 0 Å². The van der Waals surface area contributed by atoms with Crippen molar-refractivity contribution in [2.45, 2.75) is 71.7 Å². The molecule has 0 spiro atoms. The first-order chi connectivity index (χ1) is 7.12. The Morgan fingerprint density at radius 3 is 2.06 bits per heavy atom. The van der Waals surface area contributed by atoms with Crippen LogP contribution in [0.1, 0.15) is 47.5 Å². The van der Waals surface area contributed by atoms with E-state index in [0.29, 0.717) is 17.1 Å². The third-order valence-electron chi connectivity index (χ3n) is 3.65. The van der Waals surface area contributed by atoms with Crippen LogP contribution in [-0.4, -0.2) is 14.4 Å². The van der Waals surface area contributed by atoms with E-state index in [1.807, 2.05) is 6.08 Å². The summed E-state index contributed by atoms with van der Waals surface area (Å²) in [6.45, 7) is 19.8. The molecule has 0 heterocycles. The van der Waals surface area contributed by atoms with Crippen LogP contribution < -0.4 is 0 Å². The summed E-state index contributed by atoms with van der Waals surface area (Å²) in [6.07, 6.45) is 4.54. The summed E-state index contributed by atoms with van der Waals surface area (Å²) in [7, 11) is -1.62. The molecule has 0 aromatic heterocycles. The quantitative estimate of drug-likeness (QED) is 0.470. The molecule has 0 aliphatic carbocycles. The molecule has 2 heteroatoms. The van der Waals surface area contributed by atoms with E-state index in [1.165, 1.54) is 0 Å². The normalized spacial score (nSPS) is 15.2. The van der Waals surface area contributed by atoms with Gasteiger partial charge in [0, 0.05) is 6.10 Å². The monoisotopic (exact) mass is 242 g/mol. The first kappa shape index (κ1) is 15.9. The van der Waals surface area contributed by atoms with Crippen LogP contribution in [0.5, 0.6) is 0 Å². The summed E-state index contributed by atoms with van der Waals surface area (Å²) < 4.78 is 6.46. The maximum atomic E-state index is 6.46. The SMILES string of the molecule is C=CCCC(O[Si](C)(C)C(C)(C)C)C(C)C. The summed E-state index contributed by atoms with van der Waals surface area (Å²) in [6, 6.07) is 0. The van der Waals surface area contributed by atoms with Gasteiger partial charge in [0.05, 0.1) is 0 Å². The Hall–Kier alpha value is -0.0831. The Morgan fingerprint density at radius 2 is 1.75 bits per heavy atom. The first-order valence-electron chi connectivity index (χ1n) is 6.40. The molecule has 0 N–H and O–H groups in total. The highest BCUT2D eigenvalue weighted by Gasteiger charge is 2.39. The number of rotatable bonds is 6. The lowest BCUT2D eigenvalue weighted by atomic mass is 10.0. The fourth-order valence-corrected chi connectivity index (χ4v) is 2.87. The molecule has 0 amide bonds. The molecule has 0 saturated carbocycles. The van der Waals surface area contributed by atoms with Crippen LogP contribution in [0.2, 0.25) is 18.1 Å². The van der Waals surface area contributed by atoms with Gasteiger partial charge in [-0.15, -0.1) is 6.58 Å². The second-order valence-electron chi connectivity index (χ2n) is 6.53. The molecule has 0 radical (unpaired) electrons. The Bertz CT molecular complexity index is 213. The van der Waals surface area contributed by atoms with E-state index < -0.39 is 8.32 Å². The van der Waals surface area contributed by atoms with Crippen molar-refractivity contribution < 1.29 is 4.43 Å². The zero-order chi connectivity index (χ0) is 13.0. The van der Waals surface area contributed by atoms with Gasteiger partial charge in [-0.25, -0.2) is 0 Å². The van der Waals surface area contributed by atoms with E-state index in [0.717, 1.165) is 12.8 Å². The van der Waals surface area contributed by atoms with E-state index in [2.05, 4.69) is 54.3 Å². The lowest BCUT2D eigenvalue weighted by Gasteiger charge is -2.40. The minimum absolute atomic E-state index is 0.300. The number of hydrogen-bond acceptors (Lipinski definition) is 1. The molecule has 1 nitrogen and oxygen atoms in total. The molecule has 0 saturated heterocycles. The van der Waals surface area contributed by atoms with Crippen molar-refractivity contribution in [1.29, 1.82) is 0 Å². The van der Waals surface area contributed by atoms with Crippen LogP contribution in [0.4, 0.5) is 0 Å². The first-order valence-corrected chi connectivity index (χ1v) is 9.31. The average Bonchev–Trinajstić information content (AvgIpc) is 2.09. The van der Waals surface area contributed by atoms with Gasteiger partial charge >= 0.3 is 0 Å². The Kier molecular flexibility index (Phi) is 5.98. The summed E-state index contributed by atoms with van der Waals surface area (Å²) in [5, 5.41) is 0.300. The topological polar surface area (TPSA) is 9.23 Å². The third-order valence-corrected chi connectivity index (χ3v) is 8.16. The molecule has 1 atom stereocenters. The van der Waals surface area contributed by atoms with Crippen molar-refractivity contribution >= 4 is 8.32 Å². The van der Waals surface area contributed by atoms with Gasteiger partial charge in [-0.2, -0.15) is 0 Å². The van der Waals surface area contributed by atoms with Crippen LogP contribution in [0.15, 0.2) is 12.7 Å². The highest BCUT2D eigenvalue weighted by Crippen LogP contribution is 2.38. The second-order valence-corrected chi connectivity index (χ2v) is 11.3. The summed E-state index contributed by atoms with van der Waals surface area (Å²) in [5.41, 5.74) is 0. The average molecular weight is 242 g/mol. The standard InChI is InChI=1S/C14H30OSi/c1-9-10-11-13(12(2)3)15-16(7,8)14(4,5)6/h9,12-13H,1,10-11H2,2-8H3. The minimum atomic E-state index is -1.62. The Morgan fingerprint density at radius 1 is 1.25 bits per heavy atom. The number of hydrogen-bond donors (Lipinski definition) is 0. The van der Waals surface area contributed by atoms with Gasteiger partial charge in [-0.3, -0.25) is 0 Å². The van der Waals surface area contributed by atoms with Crippen molar-refractivity contribution in [2.24, 2.45) is 5.92 Å². The maximum absolute atomic E-state index is 6.46. The maximum Gasteiger partial charge on any atom is 0.192 e. The zero-order valence-corrected chi connectivity index (χ0v) is 13.3. The van der Waals surface area contributed by atoms with Gasteiger partial charge in [0.15, 0.2) is 8.32 Å². The van der Waals surface area contributed by atoms with E-state index in [1.54, 1.807) is 0 Å². The lowest BCUT2D eigenvalue weighted by Crippen LogP contribution is -2.45. The summed E-state index contributed by atoms with van der Waals surface area (Å²) in [5.74, 6) is 0.592. The van der Waals surface area contributed by atoms with Crippen molar-refractivity contribution in [3.63, 3.8) is 0 Å². The van der Waals surface area contributed by atoms with Gasteiger partial charge in [-0.1, -0.05) is 40.7 Å². The lowest BCUT2D eigenvalue weighted by molar-refractivity contribution is 0.126. The molecule has 1 unspecified atom stereocenters. The molecule has 0 bridgehead atoms. The molecule has 0 aliphatic rings. The van der Waals surface area contributed by atoms with E-state index in [-0.39, 0.29) is 0 Å². The predicted octanol–water partition coefficient (Wildman–Crippen LogP) is 5.00. The van der Waals surface area contributed by atoms with Crippen molar-refractivity contribution in [1.82, 2.24) is 0 Å². The summed E-state index contributed by atoms with van der Waals surface area (Å²) >= 11 is 0. The van der Waals surface area contributed by atoms with Crippen molar-refractivity contribution in [2.75, 3.05) is 0 Å². The smallest absolute Gasteiger partial charge is 0.192 e. The Labute approximate surface area is 103 Å². The second kappa shape index (κ2) is 6.01. The molecular weight excluding hydrogens is 212 g/mol. The molecule has 96 valence electrons. The number of allylic oxidation sites excluding steroid dienone is 1. The molecule has 0 aromatic rings. The van der Waals surface area contributed by atoms with E-state index in [9.17, 15) is 0 Å². The van der Waals surface area contributed by atoms with Crippen molar-refractivity contribution in [3.05, 3.63) is 12.7 Å². The van der Waals surface area contributed by atoms with E-state index in [4.69, 9.17) is 4.43 Å². The predicted molar refractivity (Wildman–Crippen MR) is 76.3 cm³/mol. The largest absolute Gasteiger partial charge is 0.414 e. The fraction of sp³-hybridized carbons (Fsp3) is 0.857. The molecule has 0 fully saturated rings. The molecule has 16 heavy (non-hydrogen) atoms. The van der Waals surface area contributed by atoms with Crippen LogP contribution in [0.3, 0.4) is 0 Å². The zero-order valence-electron chi connectivity index (χ0n) is 12.3. The molecular formula is C14H30OSi. The van der Waals surface area contributed by atoms with Crippen LogP contribution in [0, 0.1) is 5.92 Å². The van der Waals surface area contributed by atoms with Gasteiger partial charge in [0.1, 0.15) is 0 Å². The molecule has 0 aliphatic heterocycles. The van der Waals surface area contributed by atoms with Crippen LogP contribution in [-0.2, 0) is 4.43 Å². The van der Waals surface area contributed by atoms with Crippen molar-refractivity contribution in [3.8, 4) is 0 Å². The Balaban J connectivity index is 4.55. The highest BCUT2D eigenvalue weighted by molar-refractivity contribution is 6.74. The summed E-state index contributed by atoms with van der Waals surface area (Å²) in [4.78, 5) is 0. The minimum Gasteiger partial charge on any atom is -0.414 e. The van der Waals surface area contributed by atoms with Crippen LogP contribution in [0.25, 0.3) is 0 Å².